The summed E-state index contributed by atoms with van der Waals surface area (Å²) in [4.78, 5) is 6.14. The molecule has 3 aromatic carbocycles. The molecule has 0 N–H and O–H groups in total. The third-order valence-electron chi connectivity index (χ3n) is 4.72. The number of aryl methyl sites for hydroxylation is 2. The van der Waals surface area contributed by atoms with Gasteiger partial charge in [0, 0.05) is 10.5 Å². The van der Waals surface area contributed by atoms with E-state index in [1.807, 2.05) is 43.3 Å². The molecule has 0 spiro atoms. The predicted octanol–water partition coefficient (Wildman–Crippen LogP) is 6.98. The van der Waals surface area contributed by atoms with Crippen LogP contribution in [0.2, 0.25) is 0 Å². The molecule has 0 amide bonds. The van der Waals surface area contributed by atoms with Crippen LogP contribution < -0.4 is 4.74 Å². The average Bonchev–Trinajstić information content (AvgIpc) is 3.21. The molecule has 2 nitrogen and oxygen atoms in total. The maximum Gasteiger partial charge on any atom is 0.126 e. The minimum absolute atomic E-state index is 0.823. The Morgan fingerprint density at radius 1 is 0.893 bits per heavy atom. The van der Waals surface area contributed by atoms with Crippen LogP contribution in [0.3, 0.4) is 0 Å². The zero-order valence-corrected chi connectivity index (χ0v) is 16.8. The molecule has 0 aromatic heterocycles. The van der Waals surface area contributed by atoms with Gasteiger partial charge in [-0.05, 0) is 73.7 Å². The van der Waals surface area contributed by atoms with Crippen LogP contribution in [-0.4, -0.2) is 5.04 Å². The van der Waals surface area contributed by atoms with Crippen molar-refractivity contribution in [2.24, 2.45) is 4.99 Å². The first kappa shape index (κ1) is 18.6. The highest BCUT2D eigenvalue weighted by Crippen LogP contribution is 2.30. The van der Waals surface area contributed by atoms with Crippen molar-refractivity contribution in [1.82, 2.24) is 0 Å². The summed E-state index contributed by atoms with van der Waals surface area (Å²) in [6, 6.07) is 26.8. The van der Waals surface area contributed by atoms with Crippen molar-refractivity contribution in [2.45, 2.75) is 31.1 Å². The number of ether oxygens (including phenoxy) is 1. The van der Waals surface area contributed by atoms with Crippen LogP contribution in [0.1, 0.15) is 24.5 Å². The Bertz CT molecular complexity index is 994. The first-order chi connectivity index (χ1) is 13.8. The smallest absolute Gasteiger partial charge is 0.126 e. The Hall–Kier alpha value is -2.78. The van der Waals surface area contributed by atoms with Gasteiger partial charge < -0.3 is 4.74 Å². The number of hydrogen-bond donors (Lipinski definition) is 0. The summed E-state index contributed by atoms with van der Waals surface area (Å²) < 4.78 is 5.84. The van der Waals surface area contributed by atoms with Gasteiger partial charge in [-0.2, -0.15) is 0 Å². The average molecular weight is 386 g/mol. The van der Waals surface area contributed by atoms with Gasteiger partial charge in [-0.15, -0.1) is 0 Å². The van der Waals surface area contributed by atoms with Crippen LogP contribution in [-0.2, 0) is 12.8 Å². The minimum Gasteiger partial charge on any atom is -0.465 e. The zero-order valence-electron chi connectivity index (χ0n) is 16.0. The topological polar surface area (TPSA) is 21.6 Å². The van der Waals surface area contributed by atoms with Crippen molar-refractivity contribution in [3.63, 3.8) is 0 Å². The van der Waals surface area contributed by atoms with Crippen LogP contribution in [0.15, 0.2) is 101 Å². The maximum atomic E-state index is 5.84. The van der Waals surface area contributed by atoms with Gasteiger partial charge in [0.1, 0.15) is 10.8 Å². The van der Waals surface area contributed by atoms with E-state index in [0.29, 0.717) is 0 Å². The molecule has 0 saturated heterocycles. The third-order valence-corrected chi connectivity index (χ3v) is 5.84. The van der Waals surface area contributed by atoms with Gasteiger partial charge in [0.05, 0.1) is 11.9 Å². The molecule has 0 radical (unpaired) electrons. The summed E-state index contributed by atoms with van der Waals surface area (Å²) in [5.41, 5.74) is 4.91. The summed E-state index contributed by atoms with van der Waals surface area (Å²) >= 11 is 1.66. The quantitative estimate of drug-likeness (QED) is 0.204. The molecule has 0 bridgehead atoms. The molecule has 140 valence electrons. The monoisotopic (exact) mass is 385 g/mol. The number of aliphatic imine (C=N–C) groups is 1. The Balaban J connectivity index is 1.63. The largest absolute Gasteiger partial charge is 0.465 e. The van der Waals surface area contributed by atoms with E-state index >= 15 is 0 Å². The van der Waals surface area contributed by atoms with Crippen molar-refractivity contribution in [3.05, 3.63) is 102 Å². The number of hydrogen-bond acceptors (Lipinski definition) is 3. The fourth-order valence-electron chi connectivity index (χ4n) is 3.24. The summed E-state index contributed by atoms with van der Waals surface area (Å²) in [5.74, 6) is 0.823. The Labute approximate surface area is 171 Å². The molecular formula is C25H23NOS. The van der Waals surface area contributed by atoms with Gasteiger partial charge in [-0.1, -0.05) is 54.2 Å². The lowest BCUT2D eigenvalue weighted by Gasteiger charge is -2.09. The van der Waals surface area contributed by atoms with Gasteiger partial charge in [0.25, 0.3) is 0 Å². The predicted molar refractivity (Wildman–Crippen MR) is 119 cm³/mol. The van der Waals surface area contributed by atoms with E-state index in [4.69, 9.17) is 9.73 Å². The molecule has 1 aliphatic rings. The van der Waals surface area contributed by atoms with Gasteiger partial charge in [-0.3, -0.25) is 0 Å². The molecule has 0 saturated carbocycles. The van der Waals surface area contributed by atoms with Crippen LogP contribution in [0.5, 0.6) is 5.75 Å². The fourth-order valence-corrected chi connectivity index (χ4v) is 4.12. The van der Waals surface area contributed by atoms with E-state index in [1.165, 1.54) is 24.0 Å². The molecule has 3 heteroatoms. The number of benzene rings is 3. The lowest BCUT2D eigenvalue weighted by atomic mass is 10.1. The van der Waals surface area contributed by atoms with E-state index in [0.717, 1.165) is 33.4 Å². The zero-order chi connectivity index (χ0) is 19.2. The molecule has 0 aliphatic heterocycles. The Morgan fingerprint density at radius 3 is 2.39 bits per heavy atom. The van der Waals surface area contributed by atoms with Crippen molar-refractivity contribution in [1.29, 1.82) is 0 Å². The molecule has 0 fully saturated rings. The second-order valence-corrected chi connectivity index (χ2v) is 7.93. The first-order valence-corrected chi connectivity index (χ1v) is 10.4. The molecular weight excluding hydrogens is 362 g/mol. The van der Waals surface area contributed by atoms with Crippen molar-refractivity contribution in [3.8, 4) is 5.75 Å². The summed E-state index contributed by atoms with van der Waals surface area (Å²) in [5, 5.41) is 0.945. The molecule has 1 aliphatic carbocycles. The van der Waals surface area contributed by atoms with E-state index < -0.39 is 0 Å². The van der Waals surface area contributed by atoms with Gasteiger partial charge in [-0.25, -0.2) is 4.99 Å². The molecule has 28 heavy (non-hydrogen) atoms. The highest BCUT2D eigenvalue weighted by molar-refractivity contribution is 8.14. The second-order valence-electron chi connectivity index (χ2n) is 6.87. The molecule has 4 rings (SSSR count). The minimum atomic E-state index is 0.823. The van der Waals surface area contributed by atoms with Crippen LogP contribution in [0.25, 0.3) is 0 Å². The maximum absolute atomic E-state index is 5.84. The lowest BCUT2D eigenvalue weighted by Crippen LogP contribution is -1.97. The normalized spacial score (nSPS) is 14.0. The van der Waals surface area contributed by atoms with Crippen LogP contribution >= 0.6 is 11.8 Å². The van der Waals surface area contributed by atoms with Gasteiger partial charge >= 0.3 is 0 Å². The number of nitrogens with zero attached hydrogens (tertiary/aromatic N) is 1. The number of rotatable bonds is 5. The molecule has 0 unspecified atom stereocenters. The summed E-state index contributed by atoms with van der Waals surface area (Å²) in [7, 11) is 0. The summed E-state index contributed by atoms with van der Waals surface area (Å²) in [6.45, 7) is 2.05. The van der Waals surface area contributed by atoms with Crippen molar-refractivity contribution >= 4 is 22.5 Å². The molecule has 0 heterocycles. The second kappa shape index (κ2) is 8.94. The standard InChI is InChI=1S/C25H23NOS/c1-19(18-27-23-11-4-2-5-12-23)25(28-24-13-6-3-7-14-24)26-22-16-15-20-9-8-10-21(20)17-22/h2-7,11-18H,8-10H2,1H3. The van der Waals surface area contributed by atoms with E-state index in [-0.39, 0.29) is 0 Å². The van der Waals surface area contributed by atoms with Crippen molar-refractivity contribution < 1.29 is 4.74 Å². The van der Waals surface area contributed by atoms with E-state index in [1.54, 1.807) is 18.0 Å². The number of para-hydroxylation sites is 1. The first-order valence-electron chi connectivity index (χ1n) is 9.60. The van der Waals surface area contributed by atoms with Crippen LogP contribution in [0.4, 0.5) is 5.69 Å². The van der Waals surface area contributed by atoms with Gasteiger partial charge in [0.2, 0.25) is 0 Å². The Morgan fingerprint density at radius 2 is 1.61 bits per heavy atom. The lowest BCUT2D eigenvalue weighted by molar-refractivity contribution is 0.478. The van der Waals surface area contributed by atoms with E-state index in [9.17, 15) is 0 Å². The van der Waals surface area contributed by atoms with Crippen molar-refractivity contribution in [2.75, 3.05) is 0 Å². The van der Waals surface area contributed by atoms with E-state index in [2.05, 4.69) is 42.5 Å². The van der Waals surface area contributed by atoms with Gasteiger partial charge in [0.15, 0.2) is 0 Å². The highest BCUT2D eigenvalue weighted by Gasteiger charge is 2.12. The number of fused-ring (bicyclic) bond motifs is 1. The summed E-state index contributed by atoms with van der Waals surface area (Å²) in [6.07, 6.45) is 5.38. The fraction of sp³-hybridized carbons (Fsp3) is 0.160. The SMILES string of the molecule is CC(=COc1ccccc1)C(=Nc1ccc2c(c1)CCC2)Sc1ccccc1. The Kier molecular flexibility index (Phi) is 5.93. The van der Waals surface area contributed by atoms with Crippen LogP contribution in [0, 0.1) is 0 Å². The number of thioether (sulfide) groups is 1. The molecule has 3 aromatic rings. The third kappa shape index (κ3) is 4.73. The molecule has 0 atom stereocenters. The highest BCUT2D eigenvalue weighted by atomic mass is 32.2.